The average Bonchev–Trinajstić information content (AvgIpc) is 2.62. The summed E-state index contributed by atoms with van der Waals surface area (Å²) in [7, 11) is -3.68. The Hall–Kier alpha value is -1.57. The van der Waals surface area contributed by atoms with Crippen LogP contribution in [0.5, 0.6) is 0 Å². The van der Waals surface area contributed by atoms with E-state index in [0.717, 1.165) is 5.69 Å². The van der Waals surface area contributed by atoms with E-state index in [0.29, 0.717) is 0 Å². The molecule has 0 bridgehead atoms. The molecule has 1 aromatic rings. The number of carboxylic acids is 1. The summed E-state index contributed by atoms with van der Waals surface area (Å²) in [6.45, 7) is 5.88. The maximum absolute atomic E-state index is 11.5. The molecule has 18 heavy (non-hydrogen) atoms. The topological polar surface area (TPSA) is 112 Å². The maximum Gasteiger partial charge on any atom is 0.304 e. The van der Waals surface area contributed by atoms with Gasteiger partial charge in [-0.15, -0.1) is 0 Å². The molecule has 3 N–H and O–H groups in total. The van der Waals surface area contributed by atoms with Gasteiger partial charge in [-0.3, -0.25) is 14.6 Å². The second kappa shape index (κ2) is 4.97. The van der Waals surface area contributed by atoms with Crippen molar-refractivity contribution in [2.45, 2.75) is 32.6 Å². The fraction of sp³-hybridized carbons (Fsp3) is 0.600. The molecule has 0 spiro atoms. The largest absolute Gasteiger partial charge is 0.481 e. The number of aliphatic carboxylic acids is 1. The smallest absolute Gasteiger partial charge is 0.304 e. The molecule has 0 saturated heterocycles. The maximum atomic E-state index is 11.5. The molecular weight excluding hydrogens is 258 g/mol. The number of rotatable bonds is 5. The van der Waals surface area contributed by atoms with E-state index in [1.54, 1.807) is 6.07 Å². The Balaban J connectivity index is 2.73. The summed E-state index contributed by atoms with van der Waals surface area (Å²) in [4.78, 5) is 10.3. The van der Waals surface area contributed by atoms with Crippen molar-refractivity contribution in [2.24, 2.45) is 0 Å². The predicted molar refractivity (Wildman–Crippen MR) is 67.0 cm³/mol. The zero-order chi connectivity index (χ0) is 14.0. The number of aromatic nitrogens is 2. The summed E-state index contributed by atoms with van der Waals surface area (Å²) in [6.07, 6.45) is -0.439. The van der Waals surface area contributed by atoms with Crippen molar-refractivity contribution in [1.29, 1.82) is 0 Å². The van der Waals surface area contributed by atoms with E-state index >= 15 is 0 Å². The van der Waals surface area contributed by atoms with Gasteiger partial charge in [-0.1, -0.05) is 20.8 Å². The Morgan fingerprint density at radius 3 is 2.56 bits per heavy atom. The Kier molecular flexibility index (Phi) is 4.00. The van der Waals surface area contributed by atoms with Crippen LogP contribution in [0.15, 0.2) is 6.07 Å². The van der Waals surface area contributed by atoms with Gasteiger partial charge in [0, 0.05) is 17.2 Å². The lowest BCUT2D eigenvalue weighted by molar-refractivity contribution is -0.136. The van der Waals surface area contributed by atoms with Gasteiger partial charge < -0.3 is 5.11 Å². The molecule has 0 aliphatic carbocycles. The van der Waals surface area contributed by atoms with Crippen LogP contribution in [0.25, 0.3) is 0 Å². The number of H-pyrrole nitrogens is 1. The van der Waals surface area contributed by atoms with Crippen LogP contribution in [0, 0.1) is 0 Å². The van der Waals surface area contributed by atoms with Crippen molar-refractivity contribution in [2.75, 3.05) is 10.5 Å². The summed E-state index contributed by atoms with van der Waals surface area (Å²) >= 11 is 0. The van der Waals surface area contributed by atoms with Crippen LogP contribution in [0.4, 0.5) is 5.82 Å². The molecule has 0 radical (unpaired) electrons. The number of carboxylic acid groups (broad SMARTS) is 1. The van der Waals surface area contributed by atoms with Crippen molar-refractivity contribution in [3.05, 3.63) is 11.8 Å². The first kappa shape index (κ1) is 14.5. The van der Waals surface area contributed by atoms with Crippen LogP contribution in [0.3, 0.4) is 0 Å². The second-order valence-electron chi connectivity index (χ2n) is 4.98. The third kappa shape index (κ3) is 4.36. The third-order valence-electron chi connectivity index (χ3n) is 2.23. The molecule has 0 atom stereocenters. The Bertz CT molecular complexity index is 528. The molecule has 1 aromatic heterocycles. The molecule has 1 heterocycles. The fourth-order valence-electron chi connectivity index (χ4n) is 1.19. The number of hydrogen-bond acceptors (Lipinski definition) is 4. The van der Waals surface area contributed by atoms with Gasteiger partial charge in [-0.05, 0) is 0 Å². The van der Waals surface area contributed by atoms with Gasteiger partial charge in [0.25, 0.3) is 0 Å². The minimum absolute atomic E-state index is 0.169. The molecule has 0 aliphatic rings. The highest BCUT2D eigenvalue weighted by Gasteiger charge is 2.19. The first-order valence-corrected chi connectivity index (χ1v) is 7.03. The number of anilines is 1. The van der Waals surface area contributed by atoms with E-state index in [1.807, 2.05) is 20.8 Å². The lowest BCUT2D eigenvalue weighted by atomic mass is 9.92. The van der Waals surface area contributed by atoms with Gasteiger partial charge in [0.2, 0.25) is 10.0 Å². The van der Waals surface area contributed by atoms with Crippen molar-refractivity contribution < 1.29 is 18.3 Å². The third-order valence-corrected chi connectivity index (χ3v) is 3.49. The highest BCUT2D eigenvalue weighted by molar-refractivity contribution is 7.92. The van der Waals surface area contributed by atoms with Crippen molar-refractivity contribution in [3.8, 4) is 0 Å². The highest BCUT2D eigenvalue weighted by atomic mass is 32.2. The van der Waals surface area contributed by atoms with Gasteiger partial charge >= 0.3 is 5.97 Å². The van der Waals surface area contributed by atoms with Crippen LogP contribution in [0.1, 0.15) is 32.9 Å². The zero-order valence-corrected chi connectivity index (χ0v) is 11.3. The first-order chi connectivity index (χ1) is 8.10. The second-order valence-corrected chi connectivity index (χ2v) is 6.82. The lowest BCUT2D eigenvalue weighted by Crippen LogP contribution is -2.19. The molecule has 102 valence electrons. The molecule has 1 rings (SSSR count). The SMILES string of the molecule is CC(C)(C)c1cc(NS(=O)(=O)CCC(=O)O)n[nH]1. The van der Waals surface area contributed by atoms with Crippen molar-refractivity contribution >= 4 is 21.8 Å². The molecule has 0 amide bonds. The van der Waals surface area contributed by atoms with Crippen LogP contribution in [0.2, 0.25) is 0 Å². The summed E-state index contributed by atoms with van der Waals surface area (Å²) in [5.41, 5.74) is 0.621. The number of carbonyl (C=O) groups is 1. The average molecular weight is 275 g/mol. The van der Waals surface area contributed by atoms with E-state index in [-0.39, 0.29) is 11.2 Å². The van der Waals surface area contributed by atoms with E-state index < -0.39 is 28.2 Å². The summed E-state index contributed by atoms with van der Waals surface area (Å²) in [5, 5.41) is 15.0. The van der Waals surface area contributed by atoms with Gasteiger partial charge in [-0.2, -0.15) is 5.10 Å². The zero-order valence-electron chi connectivity index (χ0n) is 10.5. The fourth-order valence-corrected chi connectivity index (χ4v) is 2.16. The van der Waals surface area contributed by atoms with Gasteiger partial charge in [0.1, 0.15) is 0 Å². The number of sulfonamides is 1. The van der Waals surface area contributed by atoms with Crippen LogP contribution in [-0.4, -0.2) is 35.4 Å². The van der Waals surface area contributed by atoms with Gasteiger partial charge in [0.05, 0.1) is 12.2 Å². The summed E-state index contributed by atoms with van der Waals surface area (Å²) < 4.78 is 25.3. The molecular formula is C10H17N3O4S. The quantitative estimate of drug-likeness (QED) is 0.739. The number of nitrogens with zero attached hydrogens (tertiary/aromatic N) is 1. The van der Waals surface area contributed by atoms with Crippen LogP contribution < -0.4 is 4.72 Å². The molecule has 0 fully saturated rings. The van der Waals surface area contributed by atoms with Crippen molar-refractivity contribution in [1.82, 2.24) is 10.2 Å². The van der Waals surface area contributed by atoms with E-state index in [2.05, 4.69) is 14.9 Å². The van der Waals surface area contributed by atoms with E-state index in [9.17, 15) is 13.2 Å². The van der Waals surface area contributed by atoms with E-state index in [1.165, 1.54) is 0 Å². The molecule has 8 heteroatoms. The van der Waals surface area contributed by atoms with Gasteiger partial charge in [-0.25, -0.2) is 8.42 Å². The van der Waals surface area contributed by atoms with Crippen LogP contribution >= 0.6 is 0 Å². The predicted octanol–water partition coefficient (Wildman–Crippen LogP) is 0.924. The minimum atomic E-state index is -3.68. The number of nitrogens with one attached hydrogen (secondary N) is 2. The lowest BCUT2D eigenvalue weighted by Gasteiger charge is -2.14. The normalized spacial score (nSPS) is 12.4. The van der Waals surface area contributed by atoms with E-state index in [4.69, 9.17) is 5.11 Å². The molecule has 0 saturated carbocycles. The molecule has 7 nitrogen and oxygen atoms in total. The van der Waals surface area contributed by atoms with Crippen LogP contribution in [-0.2, 0) is 20.2 Å². The molecule has 0 unspecified atom stereocenters. The molecule has 0 aromatic carbocycles. The van der Waals surface area contributed by atoms with Crippen molar-refractivity contribution in [3.63, 3.8) is 0 Å². The van der Waals surface area contributed by atoms with Gasteiger partial charge in [0.15, 0.2) is 5.82 Å². The standard InChI is InChI=1S/C10H17N3O4S/c1-10(2,3)7-6-8(12-11-7)13-18(16,17)5-4-9(14)15/h6H,4-5H2,1-3H3,(H,14,15)(H2,11,12,13). The number of aromatic amines is 1. The Morgan fingerprint density at radius 2 is 2.11 bits per heavy atom. The molecule has 0 aliphatic heterocycles. The highest BCUT2D eigenvalue weighted by Crippen LogP contribution is 2.22. The summed E-state index contributed by atoms with van der Waals surface area (Å²) in [6, 6.07) is 1.60. The Morgan fingerprint density at radius 1 is 1.50 bits per heavy atom. The Labute approximate surface area is 106 Å². The minimum Gasteiger partial charge on any atom is -0.481 e. The first-order valence-electron chi connectivity index (χ1n) is 5.38. The monoisotopic (exact) mass is 275 g/mol. The number of hydrogen-bond donors (Lipinski definition) is 3. The summed E-state index contributed by atoms with van der Waals surface area (Å²) in [5.74, 6) is -1.46.